The van der Waals surface area contributed by atoms with Gasteiger partial charge in [-0.2, -0.15) is 0 Å². The summed E-state index contributed by atoms with van der Waals surface area (Å²) in [5.41, 5.74) is -0.0103. The van der Waals surface area contributed by atoms with Gasteiger partial charge in [0, 0.05) is 19.4 Å². The maximum Gasteiger partial charge on any atom is 0.148 e. The van der Waals surface area contributed by atoms with Gasteiger partial charge in [-0.1, -0.05) is 0 Å². The van der Waals surface area contributed by atoms with Gasteiger partial charge in [0.05, 0.1) is 11.7 Å². The molecule has 3 nitrogen and oxygen atoms in total. The number of carbonyl (C=O) groups excluding carboxylic acids is 1. The smallest absolute Gasteiger partial charge is 0.148 e. The molecule has 0 aromatic rings. The van der Waals surface area contributed by atoms with E-state index in [0.29, 0.717) is 6.10 Å². The molecule has 80 valence electrons. The first-order valence-corrected chi connectivity index (χ1v) is 5.53. The van der Waals surface area contributed by atoms with Crippen LogP contribution in [0.1, 0.15) is 39.0 Å². The topological polar surface area (TPSA) is 35.5 Å². The van der Waals surface area contributed by atoms with Crippen molar-refractivity contribution in [3.8, 4) is 0 Å². The van der Waals surface area contributed by atoms with E-state index in [1.54, 1.807) is 0 Å². The van der Waals surface area contributed by atoms with Gasteiger partial charge in [-0.15, -0.1) is 0 Å². The molecule has 0 aromatic carbocycles. The molecular weight excluding hydrogens is 180 g/mol. The molecule has 1 spiro atoms. The maximum absolute atomic E-state index is 10.6. The Morgan fingerprint density at radius 3 is 3.00 bits per heavy atom. The third kappa shape index (κ3) is 1.84. The lowest BCUT2D eigenvalue weighted by Crippen LogP contribution is -2.54. The highest BCUT2D eigenvalue weighted by molar-refractivity contribution is 5.56. The second kappa shape index (κ2) is 3.99. The van der Waals surface area contributed by atoms with Gasteiger partial charge in [-0.25, -0.2) is 0 Å². The molecule has 3 heteroatoms. The Kier molecular flexibility index (Phi) is 2.88. The molecule has 1 unspecified atom stereocenters. The van der Waals surface area contributed by atoms with Gasteiger partial charge < -0.3 is 14.3 Å². The Hall–Kier alpha value is -0.410. The molecule has 0 amide bonds. The fraction of sp³-hybridized carbons (Fsp3) is 0.909. The van der Waals surface area contributed by atoms with Crippen molar-refractivity contribution in [2.75, 3.05) is 6.61 Å². The van der Waals surface area contributed by atoms with Gasteiger partial charge in [0.1, 0.15) is 12.4 Å². The van der Waals surface area contributed by atoms with Gasteiger partial charge in [-0.3, -0.25) is 0 Å². The van der Waals surface area contributed by atoms with E-state index in [0.717, 1.165) is 45.0 Å². The molecular formula is C11H18O3. The van der Waals surface area contributed by atoms with Crippen molar-refractivity contribution in [2.45, 2.75) is 56.8 Å². The number of carbonyl (C=O) groups is 1. The van der Waals surface area contributed by atoms with Gasteiger partial charge >= 0.3 is 0 Å². The summed E-state index contributed by atoms with van der Waals surface area (Å²) in [6, 6.07) is 0. The van der Waals surface area contributed by atoms with Crippen LogP contribution in [-0.4, -0.2) is 30.7 Å². The highest BCUT2D eigenvalue weighted by atomic mass is 16.5. The van der Waals surface area contributed by atoms with Crippen molar-refractivity contribution in [1.82, 2.24) is 0 Å². The lowest BCUT2D eigenvalue weighted by atomic mass is 9.72. The third-order valence-electron chi connectivity index (χ3n) is 3.28. The fourth-order valence-corrected chi connectivity index (χ4v) is 2.58. The molecule has 0 bridgehead atoms. The first-order chi connectivity index (χ1) is 6.78. The highest BCUT2D eigenvalue weighted by Crippen LogP contribution is 2.45. The van der Waals surface area contributed by atoms with E-state index < -0.39 is 0 Å². The number of hydrogen-bond donors (Lipinski definition) is 0. The van der Waals surface area contributed by atoms with Crippen LogP contribution >= 0.6 is 0 Å². The maximum atomic E-state index is 10.6. The van der Waals surface area contributed by atoms with Gasteiger partial charge in [-0.05, 0) is 26.2 Å². The molecule has 1 atom stereocenters. The first kappa shape index (κ1) is 10.1. The molecule has 2 rings (SSSR count). The number of ether oxygens (including phenoxy) is 2. The minimum absolute atomic E-state index is 0.0103. The van der Waals surface area contributed by atoms with Gasteiger partial charge in [0.15, 0.2) is 0 Å². The van der Waals surface area contributed by atoms with Crippen molar-refractivity contribution >= 4 is 6.29 Å². The lowest BCUT2D eigenvalue weighted by molar-refractivity contribution is -0.211. The average Bonchev–Trinajstić information content (AvgIpc) is 2.16. The Labute approximate surface area is 84.8 Å². The van der Waals surface area contributed by atoms with E-state index in [1.165, 1.54) is 0 Å². The van der Waals surface area contributed by atoms with Crippen molar-refractivity contribution < 1.29 is 14.3 Å². The number of aldehydes is 1. The van der Waals surface area contributed by atoms with Crippen molar-refractivity contribution in [3.63, 3.8) is 0 Å². The monoisotopic (exact) mass is 198 g/mol. The van der Waals surface area contributed by atoms with Crippen LogP contribution in [0.25, 0.3) is 0 Å². The van der Waals surface area contributed by atoms with Crippen LogP contribution < -0.4 is 0 Å². The van der Waals surface area contributed by atoms with E-state index in [9.17, 15) is 4.79 Å². The summed E-state index contributed by atoms with van der Waals surface area (Å²) in [6.07, 6.45) is 6.20. The second-order valence-corrected chi connectivity index (χ2v) is 4.35. The molecule has 0 radical (unpaired) electrons. The summed E-state index contributed by atoms with van der Waals surface area (Å²) in [6.45, 7) is 2.79. The van der Waals surface area contributed by atoms with Crippen LogP contribution in [-0.2, 0) is 14.3 Å². The quantitative estimate of drug-likeness (QED) is 0.647. The largest absolute Gasteiger partial charge is 0.378 e. The summed E-state index contributed by atoms with van der Waals surface area (Å²) in [4.78, 5) is 10.6. The molecule has 1 aliphatic heterocycles. The van der Waals surface area contributed by atoms with E-state index in [-0.39, 0.29) is 11.7 Å². The molecule has 1 saturated carbocycles. The van der Waals surface area contributed by atoms with Gasteiger partial charge in [0.2, 0.25) is 0 Å². The predicted octanol–water partition coefficient (Wildman–Crippen LogP) is 1.69. The number of rotatable bonds is 3. The van der Waals surface area contributed by atoms with Crippen molar-refractivity contribution in [2.24, 2.45) is 0 Å². The SMILES string of the molecule is CCOC1CC2(CCCC(C=O)O2)C1. The summed E-state index contributed by atoms with van der Waals surface area (Å²) in [5, 5.41) is 0. The first-order valence-electron chi connectivity index (χ1n) is 5.53. The van der Waals surface area contributed by atoms with Crippen LogP contribution in [0.3, 0.4) is 0 Å². The fourth-order valence-electron chi connectivity index (χ4n) is 2.58. The van der Waals surface area contributed by atoms with E-state index in [4.69, 9.17) is 9.47 Å². The summed E-state index contributed by atoms with van der Waals surface area (Å²) >= 11 is 0. The van der Waals surface area contributed by atoms with Crippen molar-refractivity contribution in [1.29, 1.82) is 0 Å². The molecule has 0 N–H and O–H groups in total. The normalized spacial score (nSPS) is 42.1. The second-order valence-electron chi connectivity index (χ2n) is 4.35. The number of hydrogen-bond acceptors (Lipinski definition) is 3. The van der Waals surface area contributed by atoms with Gasteiger partial charge in [0.25, 0.3) is 0 Å². The molecule has 2 fully saturated rings. The zero-order valence-corrected chi connectivity index (χ0v) is 8.70. The zero-order valence-electron chi connectivity index (χ0n) is 8.70. The Morgan fingerprint density at radius 1 is 1.57 bits per heavy atom. The summed E-state index contributed by atoms with van der Waals surface area (Å²) in [5.74, 6) is 0. The molecule has 1 saturated heterocycles. The molecule has 2 aliphatic rings. The zero-order chi connectivity index (χ0) is 10.0. The third-order valence-corrected chi connectivity index (χ3v) is 3.28. The van der Waals surface area contributed by atoms with Crippen LogP contribution in [0.2, 0.25) is 0 Å². The predicted molar refractivity (Wildman–Crippen MR) is 52.2 cm³/mol. The summed E-state index contributed by atoms with van der Waals surface area (Å²) in [7, 11) is 0. The standard InChI is InChI=1S/C11H18O3/c1-2-13-10-6-11(7-10)5-3-4-9(8-12)14-11/h8-10H,2-7H2,1H3. The van der Waals surface area contributed by atoms with Crippen LogP contribution in [0.15, 0.2) is 0 Å². The van der Waals surface area contributed by atoms with E-state index in [2.05, 4.69) is 0 Å². The highest BCUT2D eigenvalue weighted by Gasteiger charge is 2.48. The van der Waals surface area contributed by atoms with Crippen LogP contribution in [0, 0.1) is 0 Å². The lowest BCUT2D eigenvalue weighted by Gasteiger charge is -2.50. The Balaban J connectivity index is 1.84. The summed E-state index contributed by atoms with van der Waals surface area (Å²) < 4.78 is 11.3. The average molecular weight is 198 g/mol. The van der Waals surface area contributed by atoms with Crippen LogP contribution in [0.5, 0.6) is 0 Å². The Bertz CT molecular complexity index is 209. The van der Waals surface area contributed by atoms with E-state index in [1.807, 2.05) is 6.92 Å². The van der Waals surface area contributed by atoms with E-state index >= 15 is 0 Å². The van der Waals surface area contributed by atoms with Crippen molar-refractivity contribution in [3.05, 3.63) is 0 Å². The molecule has 0 aromatic heterocycles. The molecule has 1 heterocycles. The Morgan fingerprint density at radius 2 is 2.36 bits per heavy atom. The minimum Gasteiger partial charge on any atom is -0.378 e. The molecule has 14 heavy (non-hydrogen) atoms. The van der Waals surface area contributed by atoms with Crippen LogP contribution in [0.4, 0.5) is 0 Å². The minimum atomic E-state index is -0.161. The molecule has 1 aliphatic carbocycles.